The second kappa shape index (κ2) is 8.97. The van der Waals surface area contributed by atoms with Crippen LogP contribution in [0.1, 0.15) is 42.1 Å². The molecule has 3 aromatic rings. The molecule has 1 saturated heterocycles. The van der Waals surface area contributed by atoms with Crippen LogP contribution in [0.2, 0.25) is 5.02 Å². The summed E-state index contributed by atoms with van der Waals surface area (Å²) in [7, 11) is 0. The molecule has 1 fully saturated rings. The zero-order valence-corrected chi connectivity index (χ0v) is 18.4. The molecule has 0 spiro atoms. The number of piperidine rings is 1. The van der Waals surface area contributed by atoms with E-state index in [0.717, 1.165) is 16.7 Å². The third-order valence-electron chi connectivity index (χ3n) is 6.08. The van der Waals surface area contributed by atoms with Gasteiger partial charge in [-0.25, -0.2) is 0 Å². The lowest BCUT2D eigenvalue weighted by molar-refractivity contribution is -0.138. The largest absolute Gasteiger partial charge is 0.322 e. The van der Waals surface area contributed by atoms with Crippen LogP contribution >= 0.6 is 11.6 Å². The van der Waals surface area contributed by atoms with E-state index in [9.17, 15) is 14.4 Å². The molecule has 4 rings (SSSR count). The van der Waals surface area contributed by atoms with Crippen LogP contribution in [0.3, 0.4) is 0 Å². The van der Waals surface area contributed by atoms with Gasteiger partial charge in [-0.05, 0) is 54.3 Å². The Morgan fingerprint density at radius 2 is 1.75 bits per heavy atom. The van der Waals surface area contributed by atoms with Crippen LogP contribution in [0.5, 0.6) is 0 Å². The van der Waals surface area contributed by atoms with Gasteiger partial charge < -0.3 is 5.32 Å². The first kappa shape index (κ1) is 21.8. The molecule has 3 aromatic carbocycles. The van der Waals surface area contributed by atoms with Crippen molar-refractivity contribution in [2.45, 2.75) is 31.6 Å². The van der Waals surface area contributed by atoms with Gasteiger partial charge in [0.1, 0.15) is 0 Å². The molecule has 32 heavy (non-hydrogen) atoms. The number of hydrogen-bond acceptors (Lipinski definition) is 3. The number of carbonyl (C=O) groups excluding carboxylic acids is 3. The van der Waals surface area contributed by atoms with E-state index in [2.05, 4.69) is 10.6 Å². The highest BCUT2D eigenvalue weighted by molar-refractivity contribution is 6.33. The Balaban J connectivity index is 1.54. The van der Waals surface area contributed by atoms with Crippen molar-refractivity contribution in [2.24, 2.45) is 0 Å². The van der Waals surface area contributed by atoms with Crippen LogP contribution in [0, 0.1) is 0 Å². The van der Waals surface area contributed by atoms with Crippen LogP contribution in [0.4, 0.5) is 5.69 Å². The van der Waals surface area contributed by atoms with E-state index in [1.54, 1.807) is 30.3 Å². The van der Waals surface area contributed by atoms with E-state index in [1.807, 2.05) is 49.4 Å². The van der Waals surface area contributed by atoms with Crippen molar-refractivity contribution in [3.05, 3.63) is 88.9 Å². The molecule has 1 atom stereocenters. The molecular weight excluding hydrogens is 424 g/mol. The summed E-state index contributed by atoms with van der Waals surface area (Å²) in [6.07, 6.45) is 1.39. The number of hydrogen-bond donors (Lipinski definition) is 2. The van der Waals surface area contributed by atoms with Crippen LogP contribution < -0.4 is 10.6 Å². The predicted molar refractivity (Wildman–Crippen MR) is 126 cm³/mol. The quantitative estimate of drug-likeness (QED) is 0.519. The van der Waals surface area contributed by atoms with Crippen LogP contribution in [-0.4, -0.2) is 17.7 Å². The van der Waals surface area contributed by atoms with Gasteiger partial charge in [0, 0.05) is 28.3 Å². The molecular formula is C26H23ClN2O3. The normalized spacial score (nSPS) is 18.2. The van der Waals surface area contributed by atoms with E-state index in [-0.39, 0.29) is 17.7 Å². The molecule has 0 saturated carbocycles. The lowest BCUT2D eigenvalue weighted by atomic mass is 9.72. The summed E-state index contributed by atoms with van der Waals surface area (Å²) in [6.45, 7) is 1.94. The second-order valence-corrected chi connectivity index (χ2v) is 8.31. The smallest absolute Gasteiger partial charge is 0.255 e. The monoisotopic (exact) mass is 446 g/mol. The van der Waals surface area contributed by atoms with Gasteiger partial charge in [-0.1, -0.05) is 61.0 Å². The minimum Gasteiger partial charge on any atom is -0.322 e. The molecule has 0 radical (unpaired) electrons. The van der Waals surface area contributed by atoms with E-state index < -0.39 is 5.41 Å². The van der Waals surface area contributed by atoms with Gasteiger partial charge in [-0.2, -0.15) is 0 Å². The Morgan fingerprint density at radius 3 is 2.41 bits per heavy atom. The maximum atomic E-state index is 12.8. The topological polar surface area (TPSA) is 75.3 Å². The number of rotatable bonds is 5. The molecule has 6 heteroatoms. The Morgan fingerprint density at radius 1 is 1.03 bits per heavy atom. The highest BCUT2D eigenvalue weighted by atomic mass is 35.5. The van der Waals surface area contributed by atoms with Crippen molar-refractivity contribution in [1.82, 2.24) is 5.32 Å². The Kier molecular flexibility index (Phi) is 6.10. The summed E-state index contributed by atoms with van der Waals surface area (Å²) >= 11 is 6.35. The van der Waals surface area contributed by atoms with Gasteiger partial charge in [0.25, 0.3) is 5.91 Å². The van der Waals surface area contributed by atoms with Crippen LogP contribution in [0.25, 0.3) is 11.1 Å². The molecule has 1 aliphatic heterocycles. The van der Waals surface area contributed by atoms with E-state index in [4.69, 9.17) is 11.6 Å². The molecule has 3 amide bonds. The van der Waals surface area contributed by atoms with Gasteiger partial charge in [0.2, 0.25) is 11.8 Å². The van der Waals surface area contributed by atoms with Gasteiger partial charge in [0.05, 0.1) is 5.41 Å². The maximum Gasteiger partial charge on any atom is 0.255 e. The third-order valence-corrected chi connectivity index (χ3v) is 6.41. The summed E-state index contributed by atoms with van der Waals surface area (Å²) in [5.74, 6) is -0.749. The molecule has 0 unspecified atom stereocenters. The molecule has 162 valence electrons. The van der Waals surface area contributed by atoms with E-state index in [1.165, 1.54) is 0 Å². The molecule has 2 N–H and O–H groups in total. The lowest BCUT2D eigenvalue weighted by Crippen LogP contribution is -2.51. The zero-order valence-electron chi connectivity index (χ0n) is 17.7. The van der Waals surface area contributed by atoms with Crippen molar-refractivity contribution < 1.29 is 14.4 Å². The van der Waals surface area contributed by atoms with Crippen molar-refractivity contribution in [1.29, 1.82) is 0 Å². The predicted octanol–water partition coefficient (Wildman–Crippen LogP) is 5.34. The summed E-state index contributed by atoms with van der Waals surface area (Å²) in [6, 6.07) is 22.1. The number of carbonyl (C=O) groups is 3. The maximum absolute atomic E-state index is 12.8. The van der Waals surface area contributed by atoms with E-state index >= 15 is 0 Å². The average Bonchev–Trinajstić information content (AvgIpc) is 2.81. The fraction of sp³-hybridized carbons (Fsp3) is 0.192. The first-order valence-corrected chi connectivity index (χ1v) is 10.9. The highest BCUT2D eigenvalue weighted by Gasteiger charge is 2.42. The van der Waals surface area contributed by atoms with E-state index in [0.29, 0.717) is 35.5 Å². The number of benzene rings is 3. The zero-order chi connectivity index (χ0) is 22.7. The lowest BCUT2D eigenvalue weighted by Gasteiger charge is -2.35. The summed E-state index contributed by atoms with van der Waals surface area (Å²) in [5, 5.41) is 5.93. The van der Waals surface area contributed by atoms with Crippen LogP contribution in [0.15, 0.2) is 72.8 Å². The molecule has 1 heterocycles. The number of nitrogens with one attached hydrogen (secondary N) is 2. The van der Waals surface area contributed by atoms with Crippen LogP contribution in [-0.2, 0) is 15.0 Å². The summed E-state index contributed by atoms with van der Waals surface area (Å²) in [5.41, 5.74) is 2.95. The number of imide groups is 1. The minimum atomic E-state index is -0.725. The Bertz CT molecular complexity index is 1180. The molecule has 1 aliphatic rings. The number of amides is 3. The van der Waals surface area contributed by atoms with Gasteiger partial charge in [-0.15, -0.1) is 0 Å². The fourth-order valence-electron chi connectivity index (χ4n) is 4.15. The summed E-state index contributed by atoms with van der Waals surface area (Å²) < 4.78 is 0. The summed E-state index contributed by atoms with van der Waals surface area (Å²) in [4.78, 5) is 37.0. The number of halogens is 1. The number of anilines is 1. The molecule has 0 aromatic heterocycles. The first-order valence-electron chi connectivity index (χ1n) is 10.5. The SMILES string of the molecule is CC[C@]1(c2ccc(NC(=O)c3ccc(Cl)c(-c4ccccc4)c3)cc2)CCC(=O)NC1=O. The average molecular weight is 447 g/mol. The van der Waals surface area contributed by atoms with Crippen molar-refractivity contribution in [3.63, 3.8) is 0 Å². The van der Waals surface area contributed by atoms with Gasteiger partial charge in [-0.3, -0.25) is 19.7 Å². The Labute approximate surface area is 191 Å². The van der Waals surface area contributed by atoms with Gasteiger partial charge >= 0.3 is 0 Å². The first-order chi connectivity index (χ1) is 15.4. The Hall–Kier alpha value is -3.44. The van der Waals surface area contributed by atoms with Gasteiger partial charge in [0.15, 0.2) is 0 Å². The minimum absolute atomic E-state index is 0.235. The highest BCUT2D eigenvalue weighted by Crippen LogP contribution is 2.36. The molecule has 5 nitrogen and oxygen atoms in total. The third kappa shape index (κ3) is 4.16. The molecule has 0 bridgehead atoms. The van der Waals surface area contributed by atoms with Crippen molar-refractivity contribution in [2.75, 3.05) is 5.32 Å². The van der Waals surface area contributed by atoms with Crippen molar-refractivity contribution in [3.8, 4) is 11.1 Å². The second-order valence-electron chi connectivity index (χ2n) is 7.91. The standard InChI is InChI=1S/C26H23ClN2O3/c1-2-26(15-14-23(30)29-25(26)32)19-9-11-20(12-10-19)28-24(31)18-8-13-22(27)21(16-18)17-6-4-3-5-7-17/h3-13,16H,2,14-15H2,1H3,(H,28,31)(H,29,30,32)/t26-/m1/s1. The molecule has 0 aliphatic carbocycles. The fourth-order valence-corrected chi connectivity index (χ4v) is 4.37. The van der Waals surface area contributed by atoms with Crippen molar-refractivity contribution >= 4 is 35.0 Å².